The van der Waals surface area contributed by atoms with Crippen molar-refractivity contribution in [2.45, 2.75) is 5.75 Å². The van der Waals surface area contributed by atoms with Gasteiger partial charge in [0.25, 0.3) is 0 Å². The molecule has 4 heteroatoms. The molecule has 2 aromatic rings. The molecule has 0 aromatic heterocycles. The highest BCUT2D eigenvalue weighted by atomic mass is 32.2. The van der Waals surface area contributed by atoms with Crippen molar-refractivity contribution >= 4 is 23.3 Å². The fourth-order valence-corrected chi connectivity index (χ4v) is 3.18. The van der Waals surface area contributed by atoms with Crippen LogP contribution in [0.3, 0.4) is 0 Å². The normalized spacial score (nSPS) is 14.3. The van der Waals surface area contributed by atoms with Crippen LogP contribution in [0, 0.1) is 0 Å². The van der Waals surface area contributed by atoms with E-state index >= 15 is 0 Å². The zero-order chi connectivity index (χ0) is 14.8. The van der Waals surface area contributed by atoms with Gasteiger partial charge >= 0.3 is 0 Å². The average molecular weight is 296 g/mol. The molecule has 3 nitrogen and oxygen atoms in total. The van der Waals surface area contributed by atoms with Crippen LogP contribution in [0.1, 0.15) is 26.3 Å². The number of benzene rings is 2. The average Bonchev–Trinajstić information content (AvgIpc) is 2.54. The maximum atomic E-state index is 12.4. The van der Waals surface area contributed by atoms with Crippen molar-refractivity contribution in [3.8, 4) is 0 Å². The molecule has 0 unspecified atom stereocenters. The second kappa shape index (κ2) is 5.58. The fourth-order valence-electron chi connectivity index (χ4n) is 2.20. The van der Waals surface area contributed by atoms with E-state index in [2.05, 4.69) is 0 Å². The fraction of sp³-hybridized carbons (Fsp3) is 0.0588. The number of hydrogen-bond acceptors (Lipinski definition) is 4. The van der Waals surface area contributed by atoms with Crippen molar-refractivity contribution in [3.05, 3.63) is 82.0 Å². The molecule has 0 saturated carbocycles. The van der Waals surface area contributed by atoms with Crippen LogP contribution in [0.25, 0.3) is 0 Å². The number of ketones is 2. The van der Waals surface area contributed by atoms with Gasteiger partial charge in [0.1, 0.15) is 4.91 Å². The van der Waals surface area contributed by atoms with E-state index in [4.69, 9.17) is 0 Å². The molecule has 0 atom stereocenters. The minimum Gasteiger partial charge on any atom is -0.503 e. The molecule has 0 bridgehead atoms. The molecular formula is C17H12O3S. The third-order valence-corrected chi connectivity index (χ3v) is 4.42. The summed E-state index contributed by atoms with van der Waals surface area (Å²) >= 11 is 1.19. The van der Waals surface area contributed by atoms with Gasteiger partial charge in [-0.1, -0.05) is 54.6 Å². The predicted molar refractivity (Wildman–Crippen MR) is 82.5 cm³/mol. The second-order valence-corrected chi connectivity index (χ2v) is 5.64. The Kier molecular flexibility index (Phi) is 3.62. The lowest BCUT2D eigenvalue weighted by atomic mass is 9.93. The van der Waals surface area contributed by atoms with Crippen LogP contribution in [0.4, 0.5) is 0 Å². The quantitative estimate of drug-likeness (QED) is 0.936. The molecule has 21 heavy (non-hydrogen) atoms. The molecular weight excluding hydrogens is 284 g/mol. The minimum absolute atomic E-state index is 0.127. The molecule has 1 aliphatic rings. The number of Topliss-reactive ketones (excluding diaryl/α,β-unsaturated/α-hetero) is 2. The first-order valence-corrected chi connectivity index (χ1v) is 7.45. The van der Waals surface area contributed by atoms with E-state index < -0.39 is 11.5 Å². The predicted octanol–water partition coefficient (Wildman–Crippen LogP) is 3.77. The maximum absolute atomic E-state index is 12.4. The molecule has 1 aliphatic carbocycles. The molecule has 1 N–H and O–H groups in total. The molecule has 0 heterocycles. The Morgan fingerprint density at radius 1 is 0.810 bits per heavy atom. The number of fused-ring (bicyclic) bond motifs is 1. The Morgan fingerprint density at radius 2 is 1.38 bits per heavy atom. The van der Waals surface area contributed by atoms with Crippen molar-refractivity contribution in [3.63, 3.8) is 0 Å². The van der Waals surface area contributed by atoms with Crippen LogP contribution in [0.2, 0.25) is 0 Å². The number of thioether (sulfide) groups is 1. The first-order chi connectivity index (χ1) is 10.2. The first kappa shape index (κ1) is 13.6. The maximum Gasteiger partial charge on any atom is 0.229 e. The second-order valence-electron chi connectivity index (χ2n) is 4.66. The summed E-state index contributed by atoms with van der Waals surface area (Å²) in [4.78, 5) is 24.6. The minimum atomic E-state index is -0.485. The molecule has 2 aromatic carbocycles. The molecule has 3 rings (SSSR count). The zero-order valence-corrected chi connectivity index (χ0v) is 11.9. The van der Waals surface area contributed by atoms with Gasteiger partial charge in [-0.15, -0.1) is 11.8 Å². The lowest BCUT2D eigenvalue weighted by molar-refractivity contribution is 0.0936. The van der Waals surface area contributed by atoms with Crippen LogP contribution in [-0.2, 0) is 5.75 Å². The highest BCUT2D eigenvalue weighted by Crippen LogP contribution is 2.33. The van der Waals surface area contributed by atoms with Crippen molar-refractivity contribution in [1.29, 1.82) is 0 Å². The van der Waals surface area contributed by atoms with Crippen molar-refractivity contribution in [2.24, 2.45) is 0 Å². The van der Waals surface area contributed by atoms with E-state index in [0.717, 1.165) is 5.56 Å². The van der Waals surface area contributed by atoms with Gasteiger partial charge < -0.3 is 5.11 Å². The van der Waals surface area contributed by atoms with E-state index in [1.165, 1.54) is 11.8 Å². The van der Waals surface area contributed by atoms with Crippen molar-refractivity contribution < 1.29 is 14.7 Å². The Balaban J connectivity index is 1.90. The van der Waals surface area contributed by atoms with Crippen LogP contribution in [0.5, 0.6) is 0 Å². The Labute approximate surface area is 126 Å². The van der Waals surface area contributed by atoms with Crippen LogP contribution < -0.4 is 0 Å². The third kappa shape index (κ3) is 2.50. The summed E-state index contributed by atoms with van der Waals surface area (Å²) in [6, 6.07) is 16.2. The number of allylic oxidation sites excluding steroid dienone is 2. The third-order valence-electron chi connectivity index (χ3n) is 3.28. The van der Waals surface area contributed by atoms with Gasteiger partial charge in [-0.2, -0.15) is 0 Å². The molecule has 0 saturated heterocycles. The van der Waals surface area contributed by atoms with Gasteiger partial charge in [-0.05, 0) is 5.56 Å². The summed E-state index contributed by atoms with van der Waals surface area (Å²) in [5, 5.41) is 10.0. The monoisotopic (exact) mass is 296 g/mol. The zero-order valence-electron chi connectivity index (χ0n) is 11.1. The molecule has 0 fully saturated rings. The highest BCUT2D eigenvalue weighted by Gasteiger charge is 2.32. The van der Waals surface area contributed by atoms with E-state index in [9.17, 15) is 14.7 Å². The van der Waals surface area contributed by atoms with Gasteiger partial charge in [0, 0.05) is 16.9 Å². The van der Waals surface area contributed by atoms with Crippen molar-refractivity contribution in [2.75, 3.05) is 0 Å². The number of rotatable bonds is 3. The summed E-state index contributed by atoms with van der Waals surface area (Å²) in [6.07, 6.45) is 0. The van der Waals surface area contributed by atoms with E-state index in [-0.39, 0.29) is 16.3 Å². The SMILES string of the molecule is O=C1C(O)=C(SCc2ccccc2)C(=O)c2ccccc21. The Bertz CT molecular complexity index is 748. The summed E-state index contributed by atoms with van der Waals surface area (Å²) in [6.45, 7) is 0. The molecule has 104 valence electrons. The van der Waals surface area contributed by atoms with Gasteiger partial charge in [-0.25, -0.2) is 0 Å². The van der Waals surface area contributed by atoms with E-state index in [1.807, 2.05) is 30.3 Å². The standard InChI is InChI=1S/C17H12O3S/c18-14-12-8-4-5-9-13(12)15(19)17(16(14)20)21-10-11-6-2-1-3-7-11/h1-9,20H,10H2. The number of aliphatic hydroxyl groups excluding tert-OH is 1. The van der Waals surface area contributed by atoms with E-state index in [1.54, 1.807) is 24.3 Å². The van der Waals surface area contributed by atoms with Crippen molar-refractivity contribution in [1.82, 2.24) is 0 Å². The molecule has 0 aliphatic heterocycles. The number of aliphatic hydroxyl groups is 1. The highest BCUT2D eigenvalue weighted by molar-refractivity contribution is 8.03. The number of carbonyl (C=O) groups is 2. The van der Waals surface area contributed by atoms with Gasteiger partial charge in [0.15, 0.2) is 5.76 Å². The largest absolute Gasteiger partial charge is 0.503 e. The van der Waals surface area contributed by atoms with Crippen LogP contribution in [0.15, 0.2) is 65.3 Å². The topological polar surface area (TPSA) is 54.4 Å². The smallest absolute Gasteiger partial charge is 0.229 e. The Hall–Kier alpha value is -2.33. The Morgan fingerprint density at radius 3 is 2.05 bits per heavy atom. The van der Waals surface area contributed by atoms with E-state index in [0.29, 0.717) is 11.3 Å². The molecule has 0 spiro atoms. The molecule has 0 radical (unpaired) electrons. The van der Waals surface area contributed by atoms with Crippen LogP contribution in [-0.4, -0.2) is 16.7 Å². The molecule has 0 amide bonds. The summed E-state index contributed by atoms with van der Waals surface area (Å²) in [5.41, 5.74) is 1.65. The van der Waals surface area contributed by atoms with Crippen LogP contribution >= 0.6 is 11.8 Å². The lowest BCUT2D eigenvalue weighted by Gasteiger charge is -2.16. The number of hydrogen-bond donors (Lipinski definition) is 1. The number of carbonyl (C=O) groups excluding carboxylic acids is 2. The first-order valence-electron chi connectivity index (χ1n) is 6.47. The summed E-state index contributed by atoms with van der Waals surface area (Å²) in [5.74, 6) is -0.689. The van der Waals surface area contributed by atoms with Gasteiger partial charge in [0.05, 0.1) is 0 Å². The van der Waals surface area contributed by atoms with Gasteiger partial charge in [-0.3, -0.25) is 9.59 Å². The summed E-state index contributed by atoms with van der Waals surface area (Å²) < 4.78 is 0. The van der Waals surface area contributed by atoms with Gasteiger partial charge in [0.2, 0.25) is 11.6 Å². The lowest BCUT2D eigenvalue weighted by Crippen LogP contribution is -2.20. The summed E-state index contributed by atoms with van der Waals surface area (Å²) in [7, 11) is 0.